The van der Waals surface area contributed by atoms with Gasteiger partial charge in [0.2, 0.25) is 0 Å². The standard InChI is InChI=1S/C19H24N2O2S/c1-14(21-11-3-5-17(21)18-6-4-12-24-18)19(22)20-13-15-7-9-16(23-2)10-8-15/h4,6-10,12,14,17H,3,5,11,13H2,1-2H3,(H,20,22)/p+1/t14-,17-/m1/s1. The maximum absolute atomic E-state index is 12.6. The van der Waals surface area contributed by atoms with Crippen LogP contribution in [-0.4, -0.2) is 25.6 Å². The molecule has 1 aliphatic heterocycles. The molecule has 0 saturated carbocycles. The Kier molecular flexibility index (Phi) is 5.53. The molecule has 5 heteroatoms. The minimum atomic E-state index is -0.0298. The van der Waals surface area contributed by atoms with Gasteiger partial charge < -0.3 is 15.0 Å². The van der Waals surface area contributed by atoms with Crippen molar-refractivity contribution in [3.05, 3.63) is 52.2 Å². The van der Waals surface area contributed by atoms with E-state index in [1.54, 1.807) is 18.4 Å². The van der Waals surface area contributed by atoms with Gasteiger partial charge in [0.1, 0.15) is 11.8 Å². The number of hydrogen-bond donors (Lipinski definition) is 2. The van der Waals surface area contributed by atoms with Gasteiger partial charge in [0.15, 0.2) is 6.04 Å². The first kappa shape index (κ1) is 17.0. The van der Waals surface area contributed by atoms with Crippen LogP contribution in [0.25, 0.3) is 0 Å². The van der Waals surface area contributed by atoms with Crippen molar-refractivity contribution in [3.63, 3.8) is 0 Å². The Balaban J connectivity index is 1.57. The molecule has 3 atom stereocenters. The van der Waals surface area contributed by atoms with Gasteiger partial charge >= 0.3 is 0 Å². The highest BCUT2D eigenvalue weighted by Gasteiger charge is 2.37. The maximum Gasteiger partial charge on any atom is 0.278 e. The Morgan fingerprint density at radius 3 is 2.83 bits per heavy atom. The molecule has 1 aliphatic rings. The first-order valence-electron chi connectivity index (χ1n) is 8.48. The average molecular weight is 345 g/mol. The van der Waals surface area contributed by atoms with Crippen molar-refractivity contribution < 1.29 is 14.4 Å². The number of amides is 1. The SMILES string of the molecule is COc1ccc(CNC(=O)[C@@H](C)[NH+]2CCC[C@@H]2c2cccs2)cc1. The van der Waals surface area contributed by atoms with Crippen LogP contribution in [0.4, 0.5) is 0 Å². The van der Waals surface area contributed by atoms with Crippen molar-refractivity contribution in [1.82, 2.24) is 5.32 Å². The minimum absolute atomic E-state index is 0.0298. The molecule has 1 fully saturated rings. The summed E-state index contributed by atoms with van der Waals surface area (Å²) in [5, 5.41) is 5.21. The first-order valence-corrected chi connectivity index (χ1v) is 9.36. The quantitative estimate of drug-likeness (QED) is 0.843. The predicted octanol–water partition coefficient (Wildman–Crippen LogP) is 2.18. The third-order valence-electron chi connectivity index (χ3n) is 4.87. The smallest absolute Gasteiger partial charge is 0.278 e. The Morgan fingerprint density at radius 2 is 2.17 bits per heavy atom. The molecule has 0 spiro atoms. The van der Waals surface area contributed by atoms with Crippen molar-refractivity contribution in [3.8, 4) is 5.75 Å². The lowest BCUT2D eigenvalue weighted by atomic mass is 10.1. The van der Waals surface area contributed by atoms with E-state index in [1.165, 1.54) is 22.6 Å². The summed E-state index contributed by atoms with van der Waals surface area (Å²) in [4.78, 5) is 15.4. The van der Waals surface area contributed by atoms with Crippen molar-refractivity contribution in [2.75, 3.05) is 13.7 Å². The number of carbonyl (C=O) groups excluding carboxylic acids is 1. The third kappa shape index (κ3) is 3.79. The van der Waals surface area contributed by atoms with E-state index in [4.69, 9.17) is 4.74 Å². The molecule has 1 amide bonds. The van der Waals surface area contributed by atoms with E-state index < -0.39 is 0 Å². The van der Waals surface area contributed by atoms with Gasteiger partial charge in [-0.25, -0.2) is 0 Å². The van der Waals surface area contributed by atoms with Gasteiger partial charge in [0.25, 0.3) is 5.91 Å². The van der Waals surface area contributed by atoms with Gasteiger partial charge in [0, 0.05) is 19.4 Å². The molecule has 128 valence electrons. The van der Waals surface area contributed by atoms with E-state index in [9.17, 15) is 4.79 Å². The summed E-state index contributed by atoms with van der Waals surface area (Å²) in [5.41, 5.74) is 1.09. The minimum Gasteiger partial charge on any atom is -0.497 e. The summed E-state index contributed by atoms with van der Waals surface area (Å²) in [6.45, 7) is 3.68. The van der Waals surface area contributed by atoms with Crippen LogP contribution in [0.2, 0.25) is 0 Å². The third-order valence-corrected chi connectivity index (χ3v) is 5.85. The van der Waals surface area contributed by atoms with Gasteiger partial charge in [-0.1, -0.05) is 18.2 Å². The molecule has 2 heterocycles. The summed E-state index contributed by atoms with van der Waals surface area (Å²) in [6, 6.07) is 12.5. The lowest BCUT2D eigenvalue weighted by Gasteiger charge is -2.26. The predicted molar refractivity (Wildman–Crippen MR) is 96.4 cm³/mol. The van der Waals surface area contributed by atoms with E-state index >= 15 is 0 Å². The second-order valence-corrected chi connectivity index (χ2v) is 7.30. The Hall–Kier alpha value is -1.85. The van der Waals surface area contributed by atoms with E-state index in [-0.39, 0.29) is 11.9 Å². The highest BCUT2D eigenvalue weighted by molar-refractivity contribution is 7.10. The second-order valence-electron chi connectivity index (χ2n) is 6.32. The monoisotopic (exact) mass is 345 g/mol. The van der Waals surface area contributed by atoms with Gasteiger partial charge in [0.05, 0.1) is 18.5 Å². The molecule has 0 bridgehead atoms. The van der Waals surface area contributed by atoms with E-state index in [2.05, 4.69) is 22.8 Å². The Morgan fingerprint density at radius 1 is 1.38 bits per heavy atom. The molecule has 3 rings (SSSR count). The molecule has 4 nitrogen and oxygen atoms in total. The van der Waals surface area contributed by atoms with Crippen molar-refractivity contribution >= 4 is 17.2 Å². The number of hydrogen-bond acceptors (Lipinski definition) is 3. The summed E-state index contributed by atoms with van der Waals surface area (Å²) < 4.78 is 5.16. The summed E-state index contributed by atoms with van der Waals surface area (Å²) in [6.07, 6.45) is 2.36. The number of likely N-dealkylation sites (tertiary alicyclic amines) is 1. The molecule has 1 aromatic heterocycles. The largest absolute Gasteiger partial charge is 0.497 e. The van der Waals surface area contributed by atoms with Crippen molar-refractivity contribution in [2.24, 2.45) is 0 Å². The molecule has 24 heavy (non-hydrogen) atoms. The van der Waals surface area contributed by atoms with Crippen LogP contribution >= 0.6 is 11.3 Å². The highest BCUT2D eigenvalue weighted by Crippen LogP contribution is 2.23. The van der Waals surface area contributed by atoms with E-state index in [0.717, 1.165) is 17.9 Å². The number of carbonyl (C=O) groups is 1. The molecule has 0 aliphatic carbocycles. The topological polar surface area (TPSA) is 42.8 Å². The summed E-state index contributed by atoms with van der Waals surface area (Å²) in [5.74, 6) is 0.961. The molecule has 2 aromatic rings. The summed E-state index contributed by atoms with van der Waals surface area (Å²) >= 11 is 1.80. The van der Waals surface area contributed by atoms with Crippen LogP contribution < -0.4 is 15.0 Å². The molecular weight excluding hydrogens is 320 g/mol. The molecule has 1 saturated heterocycles. The number of nitrogens with one attached hydrogen (secondary N) is 2. The molecule has 1 unspecified atom stereocenters. The number of methoxy groups -OCH3 is 1. The number of quaternary nitrogens is 1. The van der Waals surface area contributed by atoms with Gasteiger partial charge in [-0.2, -0.15) is 0 Å². The number of rotatable bonds is 6. The van der Waals surface area contributed by atoms with Crippen LogP contribution in [0.5, 0.6) is 5.75 Å². The van der Waals surface area contributed by atoms with Gasteiger partial charge in [-0.15, -0.1) is 11.3 Å². The van der Waals surface area contributed by atoms with Crippen molar-refractivity contribution in [1.29, 1.82) is 0 Å². The van der Waals surface area contributed by atoms with Gasteiger partial charge in [-0.3, -0.25) is 4.79 Å². The normalized spacial score (nSPS) is 21.4. The van der Waals surface area contributed by atoms with Crippen LogP contribution in [0, 0.1) is 0 Å². The fraction of sp³-hybridized carbons (Fsp3) is 0.421. The molecular formula is C19H25N2O2S+. The van der Waals surface area contributed by atoms with E-state index in [1.807, 2.05) is 31.2 Å². The highest BCUT2D eigenvalue weighted by atomic mass is 32.1. The second kappa shape index (κ2) is 7.81. The van der Waals surface area contributed by atoms with Crippen LogP contribution in [0.3, 0.4) is 0 Å². The summed E-state index contributed by atoms with van der Waals surface area (Å²) in [7, 11) is 1.65. The zero-order chi connectivity index (χ0) is 16.9. The average Bonchev–Trinajstić information content (AvgIpc) is 3.30. The maximum atomic E-state index is 12.6. The zero-order valence-electron chi connectivity index (χ0n) is 14.2. The van der Waals surface area contributed by atoms with Crippen molar-refractivity contribution in [2.45, 2.75) is 38.4 Å². The number of ether oxygens (including phenoxy) is 1. The lowest BCUT2D eigenvalue weighted by Crippen LogP contribution is -3.15. The lowest BCUT2D eigenvalue weighted by molar-refractivity contribution is -0.931. The zero-order valence-corrected chi connectivity index (χ0v) is 15.1. The first-order chi connectivity index (χ1) is 11.7. The van der Waals surface area contributed by atoms with Crippen LogP contribution in [0.15, 0.2) is 41.8 Å². The van der Waals surface area contributed by atoms with Gasteiger partial charge in [-0.05, 0) is 36.1 Å². The van der Waals surface area contributed by atoms with E-state index in [0.29, 0.717) is 12.6 Å². The Labute approximate surface area is 147 Å². The van der Waals surface area contributed by atoms with Crippen LogP contribution in [-0.2, 0) is 11.3 Å². The van der Waals surface area contributed by atoms with Crippen LogP contribution in [0.1, 0.15) is 36.2 Å². The molecule has 0 radical (unpaired) electrons. The number of benzene rings is 1. The fourth-order valence-electron chi connectivity index (χ4n) is 3.46. The fourth-order valence-corrected chi connectivity index (χ4v) is 4.36. The number of thiophene rings is 1. The molecule has 1 aromatic carbocycles. The molecule has 2 N–H and O–H groups in total. The Bertz CT molecular complexity index is 655.